The summed E-state index contributed by atoms with van der Waals surface area (Å²) in [5, 5.41) is 3.78. The third-order valence-corrected chi connectivity index (χ3v) is 5.97. The van der Waals surface area contributed by atoms with E-state index in [1.54, 1.807) is 17.0 Å². The number of nitrogens with two attached hydrogens (primary N) is 1. The van der Waals surface area contributed by atoms with Crippen molar-refractivity contribution in [2.75, 3.05) is 6.54 Å². The van der Waals surface area contributed by atoms with Gasteiger partial charge in [0.1, 0.15) is 11.4 Å². The molecule has 1 aliphatic carbocycles. The average Bonchev–Trinajstić information content (AvgIpc) is 3.51. The largest absolute Gasteiger partial charge is 0.486 e. The number of carbonyl (C=O) groups excluding carboxylic acids is 2. The molecule has 180 valence electrons. The lowest BCUT2D eigenvalue weighted by Gasteiger charge is -2.37. The molecule has 1 aromatic carbocycles. The van der Waals surface area contributed by atoms with E-state index in [1.807, 2.05) is 27.7 Å². The SMILES string of the molecule is C#C.CC1(C)CC(=O)N(CC2CC2)C(N)=N1.CC1(C)CC(NC=O)c2cc(Cl)cc(Cl)c2O1. The number of rotatable bonds is 4. The van der Waals surface area contributed by atoms with E-state index in [4.69, 9.17) is 33.7 Å². The van der Waals surface area contributed by atoms with Crippen molar-refractivity contribution < 1.29 is 14.3 Å². The van der Waals surface area contributed by atoms with E-state index in [2.05, 4.69) is 23.2 Å². The predicted octanol–water partition coefficient (Wildman–Crippen LogP) is 4.31. The number of halogens is 2. The number of guanidine groups is 1. The number of nitrogens with one attached hydrogen (secondary N) is 1. The molecule has 0 aromatic heterocycles. The normalized spacial score (nSPS) is 22.2. The number of benzene rings is 1. The summed E-state index contributed by atoms with van der Waals surface area (Å²) in [5.41, 5.74) is 5.92. The minimum absolute atomic E-state index is 0.120. The third-order valence-electron chi connectivity index (χ3n) is 5.47. The highest BCUT2D eigenvalue weighted by Gasteiger charge is 2.36. The molecule has 1 atom stereocenters. The standard InChI is InChI=1S/C12H13Cl2NO2.C10H17N3O.C2H2/c1-12(2)5-10(15-6-16)8-3-7(13)4-9(14)11(8)17-12;1-10(2)5-8(14)13(9(11)12-10)6-7-3-4-7;1-2/h3-4,6,10H,5H2,1-2H3,(H,15,16);7H,3-6H2,1-2H3,(H2,11,12);1-2H. The molecule has 1 saturated carbocycles. The Morgan fingerprint density at radius 3 is 2.45 bits per heavy atom. The van der Waals surface area contributed by atoms with Crippen LogP contribution in [-0.4, -0.2) is 40.9 Å². The van der Waals surface area contributed by atoms with Gasteiger partial charge in [0.2, 0.25) is 12.3 Å². The number of nitrogens with zero attached hydrogens (tertiary/aromatic N) is 2. The lowest BCUT2D eigenvalue weighted by molar-refractivity contribution is -0.129. The highest BCUT2D eigenvalue weighted by molar-refractivity contribution is 6.35. The van der Waals surface area contributed by atoms with Crippen LogP contribution >= 0.6 is 23.2 Å². The van der Waals surface area contributed by atoms with Crippen molar-refractivity contribution in [3.05, 3.63) is 27.7 Å². The van der Waals surface area contributed by atoms with Gasteiger partial charge in [-0.2, -0.15) is 0 Å². The summed E-state index contributed by atoms with van der Waals surface area (Å²) in [5.74, 6) is 1.79. The van der Waals surface area contributed by atoms with Crippen LogP contribution in [0.4, 0.5) is 0 Å². The molecule has 2 heterocycles. The van der Waals surface area contributed by atoms with Gasteiger partial charge < -0.3 is 15.8 Å². The second-order valence-corrected chi connectivity index (χ2v) is 10.5. The second-order valence-electron chi connectivity index (χ2n) is 9.62. The Hall–Kier alpha value is -2.43. The van der Waals surface area contributed by atoms with Gasteiger partial charge in [0.25, 0.3) is 0 Å². The van der Waals surface area contributed by atoms with E-state index in [0.29, 0.717) is 46.9 Å². The Morgan fingerprint density at radius 2 is 1.91 bits per heavy atom. The van der Waals surface area contributed by atoms with Crippen molar-refractivity contribution in [2.24, 2.45) is 16.6 Å². The van der Waals surface area contributed by atoms with Gasteiger partial charge in [-0.05, 0) is 58.6 Å². The number of carbonyl (C=O) groups is 2. The first-order valence-electron chi connectivity index (χ1n) is 10.8. The summed E-state index contributed by atoms with van der Waals surface area (Å²) in [4.78, 5) is 28.4. The van der Waals surface area contributed by atoms with Crippen LogP contribution in [0.1, 0.15) is 65.0 Å². The number of aliphatic imine (C=N–C) groups is 1. The molecule has 4 rings (SSSR count). The average molecular weight is 495 g/mol. The zero-order valence-corrected chi connectivity index (χ0v) is 21.0. The van der Waals surface area contributed by atoms with Gasteiger partial charge in [-0.1, -0.05) is 23.2 Å². The molecule has 3 aliphatic rings. The van der Waals surface area contributed by atoms with E-state index in [9.17, 15) is 9.59 Å². The quantitative estimate of drug-likeness (QED) is 0.481. The fraction of sp³-hybridized carbons (Fsp3) is 0.542. The molecule has 7 nitrogen and oxygen atoms in total. The first-order valence-corrected chi connectivity index (χ1v) is 11.5. The minimum Gasteiger partial charge on any atom is -0.486 e. The molecule has 0 spiro atoms. The van der Waals surface area contributed by atoms with Crippen molar-refractivity contribution in [3.63, 3.8) is 0 Å². The van der Waals surface area contributed by atoms with Gasteiger partial charge in [-0.3, -0.25) is 14.5 Å². The van der Waals surface area contributed by atoms with Crippen LogP contribution in [0.5, 0.6) is 5.75 Å². The van der Waals surface area contributed by atoms with Crippen LogP contribution < -0.4 is 15.8 Å². The summed E-state index contributed by atoms with van der Waals surface area (Å²) in [6.07, 6.45) is 12.3. The van der Waals surface area contributed by atoms with E-state index < -0.39 is 0 Å². The Kier molecular flexibility index (Phi) is 8.67. The molecule has 1 aromatic rings. The lowest BCUT2D eigenvalue weighted by atomic mass is 9.90. The summed E-state index contributed by atoms with van der Waals surface area (Å²) < 4.78 is 5.84. The molecule has 0 radical (unpaired) electrons. The van der Waals surface area contributed by atoms with E-state index in [0.717, 1.165) is 12.1 Å². The van der Waals surface area contributed by atoms with Crippen LogP contribution in [0.2, 0.25) is 10.0 Å². The van der Waals surface area contributed by atoms with E-state index >= 15 is 0 Å². The number of amides is 2. The highest BCUT2D eigenvalue weighted by Crippen LogP contribution is 2.44. The Bertz CT molecular complexity index is 939. The molecule has 2 amide bonds. The van der Waals surface area contributed by atoms with Crippen LogP contribution in [0.3, 0.4) is 0 Å². The first-order chi connectivity index (χ1) is 15.4. The number of fused-ring (bicyclic) bond motifs is 1. The van der Waals surface area contributed by atoms with Gasteiger partial charge in [-0.25, -0.2) is 4.99 Å². The van der Waals surface area contributed by atoms with Crippen LogP contribution in [0.15, 0.2) is 17.1 Å². The molecule has 2 aliphatic heterocycles. The minimum atomic E-state index is -0.370. The molecule has 0 saturated heterocycles. The predicted molar refractivity (Wildman–Crippen MR) is 132 cm³/mol. The number of ether oxygens (including phenoxy) is 1. The van der Waals surface area contributed by atoms with Gasteiger partial charge in [0, 0.05) is 23.6 Å². The molecule has 9 heteroatoms. The van der Waals surface area contributed by atoms with Crippen LogP contribution in [0, 0.1) is 18.8 Å². The highest BCUT2D eigenvalue weighted by atomic mass is 35.5. The molecular formula is C24H32Cl2N4O3. The Labute approximate surface area is 206 Å². The van der Waals surface area contributed by atoms with Crippen molar-refractivity contribution in [2.45, 2.75) is 70.6 Å². The topological polar surface area (TPSA) is 97.0 Å². The number of terminal acetylenes is 1. The Morgan fingerprint density at radius 1 is 1.27 bits per heavy atom. The van der Waals surface area contributed by atoms with E-state index in [1.165, 1.54) is 12.8 Å². The lowest BCUT2D eigenvalue weighted by Crippen LogP contribution is -2.50. The van der Waals surface area contributed by atoms with Crippen molar-refractivity contribution in [1.82, 2.24) is 10.2 Å². The van der Waals surface area contributed by atoms with Gasteiger partial charge in [0.05, 0.1) is 23.0 Å². The second kappa shape index (κ2) is 10.7. The van der Waals surface area contributed by atoms with Gasteiger partial charge >= 0.3 is 0 Å². The number of hydrogen-bond donors (Lipinski definition) is 2. The zero-order valence-electron chi connectivity index (χ0n) is 19.5. The zero-order chi connectivity index (χ0) is 25.0. The third kappa shape index (κ3) is 7.28. The maximum atomic E-state index is 11.7. The molecule has 3 N–H and O–H groups in total. The fourth-order valence-electron chi connectivity index (χ4n) is 3.85. The molecule has 1 fully saturated rings. The first kappa shape index (κ1) is 26.8. The summed E-state index contributed by atoms with van der Waals surface area (Å²) in [6.45, 7) is 8.56. The molecule has 33 heavy (non-hydrogen) atoms. The number of hydrogen-bond acceptors (Lipinski definition) is 5. The molecule has 0 bridgehead atoms. The van der Waals surface area contributed by atoms with Crippen molar-refractivity contribution >= 4 is 41.5 Å². The summed E-state index contributed by atoms with van der Waals surface area (Å²) >= 11 is 12.1. The van der Waals surface area contributed by atoms with E-state index in [-0.39, 0.29) is 23.1 Å². The van der Waals surface area contributed by atoms with Gasteiger partial charge in [0.15, 0.2) is 5.96 Å². The summed E-state index contributed by atoms with van der Waals surface area (Å²) in [7, 11) is 0. The molecular weight excluding hydrogens is 463 g/mol. The molecule has 1 unspecified atom stereocenters. The monoisotopic (exact) mass is 494 g/mol. The summed E-state index contributed by atoms with van der Waals surface area (Å²) in [6, 6.07) is 3.29. The van der Waals surface area contributed by atoms with Crippen molar-refractivity contribution in [3.8, 4) is 18.6 Å². The maximum Gasteiger partial charge on any atom is 0.231 e. The maximum absolute atomic E-state index is 11.7. The fourth-order valence-corrected chi connectivity index (χ4v) is 4.40. The van der Waals surface area contributed by atoms with Crippen LogP contribution in [0.25, 0.3) is 0 Å². The smallest absolute Gasteiger partial charge is 0.231 e. The van der Waals surface area contributed by atoms with Gasteiger partial charge in [-0.15, -0.1) is 12.8 Å². The Balaban J connectivity index is 0.000000221. The van der Waals surface area contributed by atoms with Crippen LogP contribution in [-0.2, 0) is 9.59 Å². The van der Waals surface area contributed by atoms with Crippen molar-refractivity contribution in [1.29, 1.82) is 0 Å².